The lowest BCUT2D eigenvalue weighted by molar-refractivity contribution is -0.141. The molecule has 0 atom stereocenters. The van der Waals surface area contributed by atoms with Crippen molar-refractivity contribution in [3.05, 3.63) is 95.1 Å². The number of thiophene rings is 1. The van der Waals surface area contributed by atoms with Crippen molar-refractivity contribution in [2.45, 2.75) is 12.6 Å². The maximum Gasteiger partial charge on any atom is 0.433 e. The standard InChI is InChI=1S/C25H18F3N3OS/c1-32-18-11-9-17(10-12-18)23-19(14-16-6-3-2-4-7-16)30-31-20(21-8-5-13-33-21)15-22(25(26,27)28)29-24(23)31/h2-13,15H,14H2,1H3. The summed E-state index contributed by atoms with van der Waals surface area (Å²) in [4.78, 5) is 4.73. The molecule has 3 aromatic heterocycles. The van der Waals surface area contributed by atoms with Crippen molar-refractivity contribution in [3.63, 3.8) is 0 Å². The summed E-state index contributed by atoms with van der Waals surface area (Å²) in [7, 11) is 1.57. The first-order valence-electron chi connectivity index (χ1n) is 10.2. The van der Waals surface area contributed by atoms with Crippen molar-refractivity contribution in [1.82, 2.24) is 14.6 Å². The first-order valence-corrected chi connectivity index (χ1v) is 11.0. The molecule has 0 saturated heterocycles. The van der Waals surface area contributed by atoms with Crippen molar-refractivity contribution in [2.75, 3.05) is 7.11 Å². The fourth-order valence-corrected chi connectivity index (χ4v) is 4.50. The molecule has 0 amide bonds. The molecule has 0 aliphatic heterocycles. The van der Waals surface area contributed by atoms with Crippen LogP contribution in [0.25, 0.3) is 27.3 Å². The van der Waals surface area contributed by atoms with E-state index in [-0.39, 0.29) is 5.65 Å². The third kappa shape index (κ3) is 4.09. The van der Waals surface area contributed by atoms with Gasteiger partial charge in [0.2, 0.25) is 0 Å². The molecule has 166 valence electrons. The Balaban J connectivity index is 1.81. The van der Waals surface area contributed by atoms with Crippen LogP contribution in [-0.2, 0) is 12.6 Å². The van der Waals surface area contributed by atoms with Gasteiger partial charge < -0.3 is 4.74 Å². The Kier molecular flexibility index (Phi) is 5.38. The van der Waals surface area contributed by atoms with E-state index in [1.165, 1.54) is 15.9 Å². The predicted octanol–water partition coefficient (Wildman–Crippen LogP) is 6.74. The van der Waals surface area contributed by atoms with Crippen LogP contribution in [0.15, 0.2) is 78.2 Å². The van der Waals surface area contributed by atoms with Crippen LogP contribution in [-0.4, -0.2) is 21.7 Å². The summed E-state index contributed by atoms with van der Waals surface area (Å²) >= 11 is 1.36. The summed E-state index contributed by atoms with van der Waals surface area (Å²) in [5, 5.41) is 6.60. The third-order valence-electron chi connectivity index (χ3n) is 5.32. The van der Waals surface area contributed by atoms with E-state index < -0.39 is 11.9 Å². The van der Waals surface area contributed by atoms with E-state index >= 15 is 0 Å². The van der Waals surface area contributed by atoms with Crippen LogP contribution in [0.2, 0.25) is 0 Å². The van der Waals surface area contributed by atoms with E-state index in [1.54, 1.807) is 31.4 Å². The topological polar surface area (TPSA) is 39.4 Å². The summed E-state index contributed by atoms with van der Waals surface area (Å²) in [5.41, 5.74) is 2.53. The number of aromatic nitrogens is 3. The maximum absolute atomic E-state index is 13.8. The van der Waals surface area contributed by atoms with Crippen LogP contribution in [0.5, 0.6) is 5.75 Å². The number of fused-ring (bicyclic) bond motifs is 1. The largest absolute Gasteiger partial charge is 0.497 e. The van der Waals surface area contributed by atoms with Gasteiger partial charge in [0, 0.05) is 6.42 Å². The van der Waals surface area contributed by atoms with E-state index in [9.17, 15) is 13.2 Å². The van der Waals surface area contributed by atoms with Crippen LogP contribution in [0.3, 0.4) is 0 Å². The molecule has 33 heavy (non-hydrogen) atoms. The van der Waals surface area contributed by atoms with Gasteiger partial charge in [0.15, 0.2) is 5.65 Å². The second-order valence-electron chi connectivity index (χ2n) is 7.45. The summed E-state index contributed by atoms with van der Waals surface area (Å²) in [6.07, 6.45) is -4.13. The molecule has 0 bridgehead atoms. The molecule has 0 aliphatic rings. The molecule has 2 aromatic carbocycles. The van der Waals surface area contributed by atoms with Gasteiger partial charge in [0.05, 0.1) is 28.9 Å². The zero-order chi connectivity index (χ0) is 23.0. The molecule has 0 N–H and O–H groups in total. The Labute approximate surface area is 191 Å². The number of rotatable bonds is 5. The lowest BCUT2D eigenvalue weighted by Crippen LogP contribution is -2.10. The zero-order valence-electron chi connectivity index (χ0n) is 17.5. The Morgan fingerprint density at radius 3 is 2.36 bits per heavy atom. The summed E-state index contributed by atoms with van der Waals surface area (Å²) in [6.45, 7) is 0. The maximum atomic E-state index is 13.8. The van der Waals surface area contributed by atoms with Crippen molar-refractivity contribution in [2.24, 2.45) is 0 Å². The lowest BCUT2D eigenvalue weighted by Gasteiger charge is -2.10. The van der Waals surface area contributed by atoms with Crippen molar-refractivity contribution in [3.8, 4) is 27.4 Å². The van der Waals surface area contributed by atoms with Gasteiger partial charge >= 0.3 is 6.18 Å². The van der Waals surface area contributed by atoms with Gasteiger partial charge in [-0.2, -0.15) is 18.3 Å². The fraction of sp³-hybridized carbons (Fsp3) is 0.120. The highest BCUT2D eigenvalue weighted by Crippen LogP contribution is 2.37. The lowest BCUT2D eigenvalue weighted by atomic mass is 10.0. The SMILES string of the molecule is COc1ccc(-c2c(Cc3ccccc3)nn3c(-c4cccs4)cc(C(F)(F)F)nc23)cc1. The van der Waals surface area contributed by atoms with E-state index in [0.29, 0.717) is 34.0 Å². The molecule has 8 heteroatoms. The Morgan fingerprint density at radius 2 is 1.73 bits per heavy atom. The van der Waals surface area contributed by atoms with Crippen LogP contribution in [0.4, 0.5) is 13.2 Å². The van der Waals surface area contributed by atoms with E-state index in [4.69, 9.17) is 9.84 Å². The Bertz CT molecular complexity index is 1390. The molecule has 0 fully saturated rings. The number of ether oxygens (including phenoxy) is 1. The molecule has 0 radical (unpaired) electrons. The molecular formula is C25H18F3N3OS. The minimum absolute atomic E-state index is 0.171. The zero-order valence-corrected chi connectivity index (χ0v) is 18.3. The van der Waals surface area contributed by atoms with Gasteiger partial charge in [0.25, 0.3) is 0 Å². The molecule has 5 rings (SSSR count). The van der Waals surface area contributed by atoms with Crippen LogP contribution >= 0.6 is 11.3 Å². The second-order valence-corrected chi connectivity index (χ2v) is 8.40. The Hall–Kier alpha value is -3.65. The first-order chi connectivity index (χ1) is 15.9. The van der Waals surface area contributed by atoms with Gasteiger partial charge in [-0.1, -0.05) is 48.5 Å². The van der Waals surface area contributed by atoms with Crippen molar-refractivity contribution >= 4 is 17.0 Å². The average Bonchev–Trinajstić information content (AvgIpc) is 3.47. The third-order valence-corrected chi connectivity index (χ3v) is 6.21. The molecule has 0 spiro atoms. The second kappa shape index (κ2) is 8.37. The number of halogens is 3. The summed E-state index contributed by atoms with van der Waals surface area (Å²) in [5.74, 6) is 0.656. The van der Waals surface area contributed by atoms with E-state index in [0.717, 1.165) is 17.2 Å². The molecule has 0 saturated carbocycles. The van der Waals surface area contributed by atoms with E-state index in [1.807, 2.05) is 47.8 Å². The number of methoxy groups -OCH3 is 1. The van der Waals surface area contributed by atoms with Gasteiger partial charge in [-0.15, -0.1) is 11.3 Å². The monoisotopic (exact) mass is 465 g/mol. The van der Waals surface area contributed by atoms with Crippen LogP contribution in [0, 0.1) is 0 Å². The van der Waals surface area contributed by atoms with Gasteiger partial charge in [-0.05, 0) is 40.8 Å². The summed E-state index contributed by atoms with van der Waals surface area (Å²) in [6, 6.07) is 21.5. The van der Waals surface area contributed by atoms with E-state index in [2.05, 4.69) is 4.98 Å². The van der Waals surface area contributed by atoms with Crippen LogP contribution < -0.4 is 4.74 Å². The minimum atomic E-state index is -4.59. The normalized spacial score (nSPS) is 11.8. The fourth-order valence-electron chi connectivity index (χ4n) is 3.77. The highest BCUT2D eigenvalue weighted by Gasteiger charge is 2.35. The smallest absolute Gasteiger partial charge is 0.433 e. The molecule has 3 heterocycles. The molecular weight excluding hydrogens is 447 g/mol. The highest BCUT2D eigenvalue weighted by molar-refractivity contribution is 7.13. The highest BCUT2D eigenvalue weighted by atomic mass is 32.1. The Morgan fingerprint density at radius 1 is 0.970 bits per heavy atom. The summed E-state index contributed by atoms with van der Waals surface area (Å²) < 4.78 is 48.2. The van der Waals surface area contributed by atoms with Gasteiger partial charge in [0.1, 0.15) is 11.4 Å². The number of alkyl halides is 3. The molecule has 0 aliphatic carbocycles. The molecule has 4 nitrogen and oxygen atoms in total. The molecule has 0 unspecified atom stereocenters. The van der Waals surface area contributed by atoms with Gasteiger partial charge in [-0.3, -0.25) is 0 Å². The quantitative estimate of drug-likeness (QED) is 0.288. The minimum Gasteiger partial charge on any atom is -0.497 e. The number of hydrogen-bond donors (Lipinski definition) is 0. The molecule has 5 aromatic rings. The first kappa shape index (κ1) is 21.2. The number of hydrogen-bond acceptors (Lipinski definition) is 4. The van der Waals surface area contributed by atoms with Crippen LogP contribution in [0.1, 0.15) is 17.0 Å². The number of nitrogens with zero attached hydrogens (tertiary/aromatic N) is 3. The van der Waals surface area contributed by atoms with Crippen molar-refractivity contribution < 1.29 is 17.9 Å². The van der Waals surface area contributed by atoms with Crippen molar-refractivity contribution in [1.29, 1.82) is 0 Å². The average molecular weight is 466 g/mol. The van der Waals surface area contributed by atoms with Gasteiger partial charge in [-0.25, -0.2) is 9.50 Å². The predicted molar refractivity (Wildman–Crippen MR) is 123 cm³/mol. The number of benzene rings is 2.